The normalized spacial score (nSPS) is 17.1. The molecule has 1 aromatic carbocycles. The molecule has 1 saturated heterocycles. The summed E-state index contributed by atoms with van der Waals surface area (Å²) in [7, 11) is 0. The number of hydrogen-bond donors (Lipinski definition) is 1. The molecule has 1 aliphatic rings. The molecular formula is C23H26ClN7O2. The molecule has 0 spiro atoms. The van der Waals surface area contributed by atoms with Gasteiger partial charge in [-0.15, -0.1) is 10.2 Å². The number of nitrogens with zero attached hydrogens (tertiary/aromatic N) is 7. The molecule has 1 aliphatic heterocycles. The Labute approximate surface area is 197 Å². The van der Waals surface area contributed by atoms with Gasteiger partial charge in [0.25, 0.3) is 0 Å². The Bertz CT molecular complexity index is 1150. The van der Waals surface area contributed by atoms with Crippen LogP contribution >= 0.6 is 11.6 Å². The summed E-state index contributed by atoms with van der Waals surface area (Å²) in [5.41, 5.74) is 2.68. The number of benzene rings is 1. The third kappa shape index (κ3) is 5.94. The second kappa shape index (κ2) is 10.1. The van der Waals surface area contributed by atoms with Crippen LogP contribution < -0.4 is 0 Å². The zero-order valence-electron chi connectivity index (χ0n) is 18.6. The first kappa shape index (κ1) is 22.9. The van der Waals surface area contributed by atoms with Crippen LogP contribution in [0.5, 0.6) is 5.75 Å². The summed E-state index contributed by atoms with van der Waals surface area (Å²) in [6, 6.07) is 9.07. The van der Waals surface area contributed by atoms with Crippen LogP contribution in [0.3, 0.4) is 0 Å². The molecule has 0 radical (unpaired) electrons. The van der Waals surface area contributed by atoms with Crippen molar-refractivity contribution in [3.63, 3.8) is 0 Å². The fourth-order valence-electron chi connectivity index (χ4n) is 3.92. The standard InChI is InChI=1S/C23H26ClN7O2/c1-16-13-29(15-21-6-7-22(32)12-25-21)9-10-30(16)23(33)8-4-18-3-5-20(24)11-19(18)14-31-27-17(2)26-28-31/h3-8,11-12,16,32H,9-10,13-15H2,1-2H3. The van der Waals surface area contributed by atoms with E-state index < -0.39 is 0 Å². The molecule has 9 nitrogen and oxygen atoms in total. The number of rotatable bonds is 6. The minimum atomic E-state index is -0.0273. The van der Waals surface area contributed by atoms with Gasteiger partial charge in [-0.05, 0) is 60.5 Å². The Balaban J connectivity index is 1.39. The second-order valence-electron chi connectivity index (χ2n) is 8.17. The summed E-state index contributed by atoms with van der Waals surface area (Å²) in [6.07, 6.45) is 4.88. The summed E-state index contributed by atoms with van der Waals surface area (Å²) in [5.74, 6) is 0.727. The SMILES string of the molecule is Cc1nnn(Cc2cc(Cl)ccc2C=CC(=O)N2CCN(Cc3ccc(O)cn3)CC2C)n1. The molecule has 1 fully saturated rings. The van der Waals surface area contributed by atoms with Crippen molar-refractivity contribution in [1.29, 1.82) is 0 Å². The number of halogens is 1. The van der Waals surface area contributed by atoms with Gasteiger partial charge in [0.2, 0.25) is 5.91 Å². The number of aromatic hydroxyl groups is 1. The van der Waals surface area contributed by atoms with E-state index >= 15 is 0 Å². The molecule has 0 bridgehead atoms. The topological polar surface area (TPSA) is 100 Å². The van der Waals surface area contributed by atoms with Gasteiger partial charge in [-0.1, -0.05) is 17.7 Å². The molecule has 3 aromatic rings. The number of carbonyl (C=O) groups excluding carboxylic acids is 1. The quantitative estimate of drug-likeness (QED) is 0.556. The predicted molar refractivity (Wildman–Crippen MR) is 124 cm³/mol. The van der Waals surface area contributed by atoms with Crippen LogP contribution in [0.25, 0.3) is 6.08 Å². The van der Waals surface area contributed by atoms with Crippen LogP contribution in [-0.4, -0.2) is 71.7 Å². The number of aryl methyl sites for hydroxylation is 1. The fraction of sp³-hybridized carbons (Fsp3) is 0.348. The Morgan fingerprint density at radius 2 is 2.09 bits per heavy atom. The van der Waals surface area contributed by atoms with E-state index in [0.717, 1.165) is 29.9 Å². The highest BCUT2D eigenvalue weighted by atomic mass is 35.5. The van der Waals surface area contributed by atoms with Gasteiger partial charge in [0.15, 0.2) is 5.82 Å². The molecular weight excluding hydrogens is 442 g/mol. The number of hydrogen-bond acceptors (Lipinski definition) is 7. The van der Waals surface area contributed by atoms with Crippen molar-refractivity contribution in [2.75, 3.05) is 19.6 Å². The first-order valence-corrected chi connectivity index (χ1v) is 11.1. The lowest BCUT2D eigenvalue weighted by molar-refractivity contribution is -0.130. The van der Waals surface area contributed by atoms with Crippen molar-refractivity contribution in [2.24, 2.45) is 0 Å². The molecule has 1 amide bonds. The van der Waals surface area contributed by atoms with Gasteiger partial charge in [0.1, 0.15) is 5.75 Å². The van der Waals surface area contributed by atoms with Crippen molar-refractivity contribution < 1.29 is 9.90 Å². The van der Waals surface area contributed by atoms with E-state index in [1.54, 1.807) is 25.1 Å². The van der Waals surface area contributed by atoms with E-state index in [2.05, 4.69) is 32.2 Å². The molecule has 172 valence electrons. The maximum absolute atomic E-state index is 12.9. The van der Waals surface area contributed by atoms with Crippen molar-refractivity contribution in [1.82, 2.24) is 35.0 Å². The lowest BCUT2D eigenvalue weighted by Crippen LogP contribution is -2.53. The van der Waals surface area contributed by atoms with E-state index in [4.69, 9.17) is 11.6 Å². The Kier molecular flexibility index (Phi) is 7.00. The highest BCUT2D eigenvalue weighted by molar-refractivity contribution is 6.30. The minimum absolute atomic E-state index is 0.0273. The van der Waals surface area contributed by atoms with E-state index in [9.17, 15) is 9.90 Å². The van der Waals surface area contributed by atoms with E-state index in [1.165, 1.54) is 11.0 Å². The molecule has 4 rings (SSSR count). The fourth-order valence-corrected chi connectivity index (χ4v) is 4.11. The van der Waals surface area contributed by atoms with Gasteiger partial charge < -0.3 is 10.0 Å². The average Bonchev–Trinajstić information content (AvgIpc) is 3.19. The van der Waals surface area contributed by atoms with Crippen LogP contribution in [0.1, 0.15) is 29.6 Å². The van der Waals surface area contributed by atoms with Gasteiger partial charge in [0.05, 0.1) is 18.4 Å². The third-order valence-corrected chi connectivity index (χ3v) is 5.80. The molecule has 33 heavy (non-hydrogen) atoms. The monoisotopic (exact) mass is 467 g/mol. The number of carbonyl (C=O) groups is 1. The smallest absolute Gasteiger partial charge is 0.246 e. The number of aromatic nitrogens is 5. The van der Waals surface area contributed by atoms with Gasteiger partial charge in [0, 0.05) is 43.3 Å². The maximum Gasteiger partial charge on any atom is 0.246 e. The largest absolute Gasteiger partial charge is 0.506 e. The molecule has 2 aromatic heterocycles. The van der Waals surface area contributed by atoms with Crippen LogP contribution in [0.2, 0.25) is 5.02 Å². The highest BCUT2D eigenvalue weighted by Crippen LogP contribution is 2.19. The number of amides is 1. The van der Waals surface area contributed by atoms with Crippen molar-refractivity contribution >= 4 is 23.6 Å². The molecule has 10 heteroatoms. The lowest BCUT2D eigenvalue weighted by Gasteiger charge is -2.39. The Morgan fingerprint density at radius 3 is 2.79 bits per heavy atom. The Hall–Kier alpha value is -3.30. The highest BCUT2D eigenvalue weighted by Gasteiger charge is 2.26. The lowest BCUT2D eigenvalue weighted by atomic mass is 10.1. The summed E-state index contributed by atoms with van der Waals surface area (Å²) in [4.78, 5) is 22.8. The summed E-state index contributed by atoms with van der Waals surface area (Å²) >= 11 is 6.18. The second-order valence-corrected chi connectivity index (χ2v) is 8.60. The third-order valence-electron chi connectivity index (χ3n) is 5.56. The van der Waals surface area contributed by atoms with Gasteiger partial charge in [-0.2, -0.15) is 4.80 Å². The van der Waals surface area contributed by atoms with Crippen LogP contribution in [0.15, 0.2) is 42.6 Å². The maximum atomic E-state index is 12.9. The van der Waals surface area contributed by atoms with Gasteiger partial charge in [-0.3, -0.25) is 14.7 Å². The minimum Gasteiger partial charge on any atom is -0.506 e. The molecule has 3 heterocycles. The van der Waals surface area contributed by atoms with Gasteiger partial charge >= 0.3 is 0 Å². The van der Waals surface area contributed by atoms with Crippen LogP contribution in [0, 0.1) is 6.92 Å². The van der Waals surface area contributed by atoms with Crippen molar-refractivity contribution in [3.8, 4) is 5.75 Å². The number of piperazine rings is 1. The molecule has 0 saturated carbocycles. The van der Waals surface area contributed by atoms with Crippen LogP contribution in [0.4, 0.5) is 0 Å². The molecule has 1 unspecified atom stereocenters. The van der Waals surface area contributed by atoms with E-state index in [0.29, 0.717) is 30.5 Å². The van der Waals surface area contributed by atoms with Crippen LogP contribution in [-0.2, 0) is 17.9 Å². The molecule has 0 aliphatic carbocycles. The van der Waals surface area contributed by atoms with E-state index in [-0.39, 0.29) is 17.7 Å². The first-order chi connectivity index (χ1) is 15.9. The zero-order chi connectivity index (χ0) is 23.4. The summed E-state index contributed by atoms with van der Waals surface area (Å²) in [5, 5.41) is 22.1. The summed E-state index contributed by atoms with van der Waals surface area (Å²) in [6.45, 7) is 7.08. The van der Waals surface area contributed by atoms with Gasteiger partial charge in [-0.25, -0.2) is 0 Å². The molecule has 1 N–H and O–H groups in total. The number of tetrazole rings is 1. The van der Waals surface area contributed by atoms with Crippen molar-refractivity contribution in [3.05, 3.63) is 70.3 Å². The van der Waals surface area contributed by atoms with Crippen molar-refractivity contribution in [2.45, 2.75) is 33.0 Å². The predicted octanol–water partition coefficient (Wildman–Crippen LogP) is 2.53. The average molecular weight is 468 g/mol. The Morgan fingerprint density at radius 1 is 1.24 bits per heavy atom. The summed E-state index contributed by atoms with van der Waals surface area (Å²) < 4.78 is 0. The number of pyridine rings is 1. The molecule has 1 atom stereocenters. The first-order valence-electron chi connectivity index (χ1n) is 10.7. The zero-order valence-corrected chi connectivity index (χ0v) is 19.4. The van der Waals surface area contributed by atoms with E-state index in [1.807, 2.05) is 29.2 Å².